The van der Waals surface area contributed by atoms with Crippen molar-refractivity contribution in [2.24, 2.45) is 0 Å². The summed E-state index contributed by atoms with van der Waals surface area (Å²) in [4.78, 5) is 20.6. The zero-order valence-electron chi connectivity index (χ0n) is 11.5. The van der Waals surface area contributed by atoms with E-state index in [0.29, 0.717) is 28.0 Å². The molecule has 0 amide bonds. The molecule has 0 saturated heterocycles. The maximum absolute atomic E-state index is 10.9. The molecule has 0 N–H and O–H groups in total. The van der Waals surface area contributed by atoms with Gasteiger partial charge < -0.3 is 4.74 Å². The van der Waals surface area contributed by atoms with Crippen LogP contribution in [0.1, 0.15) is 6.92 Å². The third-order valence-corrected chi connectivity index (χ3v) is 3.59. The van der Waals surface area contributed by atoms with E-state index in [1.165, 1.54) is 24.3 Å². The summed E-state index contributed by atoms with van der Waals surface area (Å²) in [6.45, 7) is 2.12. The van der Waals surface area contributed by atoms with E-state index in [1.807, 2.05) is 0 Å². The Kier molecular flexibility index (Phi) is 4.71. The summed E-state index contributed by atoms with van der Waals surface area (Å²) in [6, 6.07) is 8.60. The fourth-order valence-electron chi connectivity index (χ4n) is 1.96. The van der Waals surface area contributed by atoms with Crippen molar-refractivity contribution in [2.45, 2.75) is 6.92 Å². The fourth-order valence-corrected chi connectivity index (χ4v) is 2.54. The molecule has 0 fully saturated rings. The van der Waals surface area contributed by atoms with Crippen molar-refractivity contribution < 1.29 is 14.6 Å². The van der Waals surface area contributed by atoms with Crippen LogP contribution in [0.25, 0.3) is 11.1 Å². The van der Waals surface area contributed by atoms with Gasteiger partial charge in [0.2, 0.25) is 0 Å². The van der Waals surface area contributed by atoms with Gasteiger partial charge in [0, 0.05) is 33.8 Å². The van der Waals surface area contributed by atoms with Crippen LogP contribution in [-0.2, 0) is 0 Å². The highest BCUT2D eigenvalue weighted by molar-refractivity contribution is 9.10. The van der Waals surface area contributed by atoms with Crippen LogP contribution in [0, 0.1) is 20.2 Å². The van der Waals surface area contributed by atoms with Gasteiger partial charge in [0.1, 0.15) is 5.75 Å². The number of hydrogen-bond acceptors (Lipinski definition) is 5. The molecule has 0 radical (unpaired) electrons. The predicted molar refractivity (Wildman–Crippen MR) is 84.1 cm³/mol. The molecule has 0 aliphatic carbocycles. The minimum atomic E-state index is -0.503. The number of benzene rings is 2. The van der Waals surface area contributed by atoms with Gasteiger partial charge in [0.05, 0.1) is 22.5 Å². The second kappa shape index (κ2) is 6.52. The first kappa shape index (κ1) is 15.9. The van der Waals surface area contributed by atoms with Crippen LogP contribution in [0.4, 0.5) is 11.4 Å². The summed E-state index contributed by atoms with van der Waals surface area (Å²) >= 11 is 3.29. The minimum absolute atomic E-state index is 0.0458. The molecule has 0 unspecified atom stereocenters. The number of hydrogen-bond donors (Lipinski definition) is 0. The van der Waals surface area contributed by atoms with Crippen LogP contribution >= 0.6 is 15.9 Å². The molecule has 22 heavy (non-hydrogen) atoms. The molecule has 0 bridgehead atoms. The third-order valence-electron chi connectivity index (χ3n) is 2.93. The van der Waals surface area contributed by atoms with E-state index in [1.54, 1.807) is 19.1 Å². The number of rotatable bonds is 5. The Labute approximate surface area is 134 Å². The van der Waals surface area contributed by atoms with E-state index in [9.17, 15) is 20.2 Å². The Balaban J connectivity index is 2.56. The molecule has 0 heterocycles. The van der Waals surface area contributed by atoms with E-state index in [4.69, 9.17) is 4.74 Å². The van der Waals surface area contributed by atoms with Gasteiger partial charge in [-0.1, -0.05) is 0 Å². The second-order valence-electron chi connectivity index (χ2n) is 4.29. The van der Waals surface area contributed by atoms with E-state index < -0.39 is 9.85 Å². The topological polar surface area (TPSA) is 95.5 Å². The average molecular weight is 367 g/mol. The number of ether oxygens (including phenoxy) is 1. The smallest absolute Gasteiger partial charge is 0.273 e. The molecule has 2 aromatic rings. The maximum Gasteiger partial charge on any atom is 0.273 e. The highest BCUT2D eigenvalue weighted by atomic mass is 79.9. The summed E-state index contributed by atoms with van der Waals surface area (Å²) in [6.07, 6.45) is 0. The summed E-state index contributed by atoms with van der Waals surface area (Å²) in [7, 11) is 0. The van der Waals surface area contributed by atoms with Gasteiger partial charge >= 0.3 is 0 Å². The Bertz CT molecular complexity index is 748. The van der Waals surface area contributed by atoms with Crippen LogP contribution in [0.2, 0.25) is 0 Å². The zero-order chi connectivity index (χ0) is 16.3. The summed E-state index contributed by atoms with van der Waals surface area (Å²) in [5.74, 6) is 0.353. The van der Waals surface area contributed by atoms with Crippen molar-refractivity contribution in [1.82, 2.24) is 0 Å². The molecule has 2 aromatic carbocycles. The summed E-state index contributed by atoms with van der Waals surface area (Å²) in [5, 5.41) is 21.6. The molecule has 0 spiro atoms. The Morgan fingerprint density at radius 1 is 1.00 bits per heavy atom. The SMILES string of the molecule is CCOc1cc([N+](=O)[O-])ccc1-c1ccc([N+](=O)[O-])cc1Br. The lowest BCUT2D eigenvalue weighted by atomic mass is 10.0. The number of halogens is 1. The molecule has 8 heteroatoms. The largest absolute Gasteiger partial charge is 0.493 e. The van der Waals surface area contributed by atoms with Crippen molar-refractivity contribution in [1.29, 1.82) is 0 Å². The second-order valence-corrected chi connectivity index (χ2v) is 5.15. The zero-order valence-corrected chi connectivity index (χ0v) is 13.1. The first-order valence-corrected chi connectivity index (χ1v) is 7.09. The maximum atomic E-state index is 10.9. The van der Waals surface area contributed by atoms with E-state index in [2.05, 4.69) is 15.9 Å². The summed E-state index contributed by atoms with van der Waals surface area (Å²) in [5.41, 5.74) is 1.15. The van der Waals surface area contributed by atoms with Gasteiger partial charge in [0.25, 0.3) is 11.4 Å². The first-order valence-electron chi connectivity index (χ1n) is 6.29. The molecule has 0 aromatic heterocycles. The predicted octanol–water partition coefficient (Wildman–Crippen LogP) is 4.33. The molecule has 114 valence electrons. The van der Waals surface area contributed by atoms with Crippen molar-refractivity contribution >= 4 is 27.3 Å². The number of non-ortho nitro benzene ring substituents is 2. The van der Waals surface area contributed by atoms with Crippen LogP contribution in [0.3, 0.4) is 0 Å². The van der Waals surface area contributed by atoms with E-state index in [0.717, 1.165) is 0 Å². The van der Waals surface area contributed by atoms with Crippen LogP contribution in [0.15, 0.2) is 40.9 Å². The van der Waals surface area contributed by atoms with E-state index in [-0.39, 0.29) is 11.4 Å². The molecule has 0 aliphatic heterocycles. The molecule has 0 aliphatic rings. The molecule has 7 nitrogen and oxygen atoms in total. The van der Waals surface area contributed by atoms with Crippen LogP contribution in [0.5, 0.6) is 5.75 Å². The molecular weight excluding hydrogens is 356 g/mol. The van der Waals surface area contributed by atoms with Crippen molar-refractivity contribution in [3.63, 3.8) is 0 Å². The highest BCUT2D eigenvalue weighted by Crippen LogP contribution is 2.38. The van der Waals surface area contributed by atoms with Gasteiger partial charge in [-0.2, -0.15) is 0 Å². The molecule has 0 atom stereocenters. The lowest BCUT2D eigenvalue weighted by Crippen LogP contribution is -1.97. The first-order chi connectivity index (χ1) is 10.4. The van der Waals surface area contributed by atoms with Crippen LogP contribution in [-0.4, -0.2) is 16.5 Å². The van der Waals surface area contributed by atoms with Crippen molar-refractivity contribution in [3.05, 3.63) is 61.1 Å². The van der Waals surface area contributed by atoms with Gasteiger partial charge in [-0.05, 0) is 35.0 Å². The highest BCUT2D eigenvalue weighted by Gasteiger charge is 2.17. The average Bonchev–Trinajstić information content (AvgIpc) is 2.47. The van der Waals surface area contributed by atoms with Gasteiger partial charge in [-0.15, -0.1) is 0 Å². The standard InChI is InChI=1S/C14H11BrN2O5/c1-2-22-14-8-10(17(20)21)4-6-12(14)11-5-3-9(16(18)19)7-13(11)15/h3-8H,2H2,1H3. The van der Waals surface area contributed by atoms with E-state index >= 15 is 0 Å². The quantitative estimate of drug-likeness (QED) is 0.579. The lowest BCUT2D eigenvalue weighted by molar-refractivity contribution is -0.385. The Hall–Kier alpha value is -2.48. The minimum Gasteiger partial charge on any atom is -0.493 e. The van der Waals surface area contributed by atoms with Gasteiger partial charge in [-0.3, -0.25) is 20.2 Å². The molecular formula is C14H11BrN2O5. The van der Waals surface area contributed by atoms with Gasteiger partial charge in [0.15, 0.2) is 0 Å². The number of nitrogens with zero attached hydrogens (tertiary/aromatic N) is 2. The van der Waals surface area contributed by atoms with Crippen LogP contribution < -0.4 is 4.74 Å². The summed E-state index contributed by atoms with van der Waals surface area (Å²) < 4.78 is 5.97. The van der Waals surface area contributed by atoms with Crippen molar-refractivity contribution in [2.75, 3.05) is 6.61 Å². The molecule has 0 saturated carbocycles. The van der Waals surface area contributed by atoms with Gasteiger partial charge in [-0.25, -0.2) is 0 Å². The Morgan fingerprint density at radius 2 is 1.55 bits per heavy atom. The third kappa shape index (κ3) is 3.22. The Morgan fingerprint density at radius 3 is 2.05 bits per heavy atom. The fraction of sp³-hybridized carbons (Fsp3) is 0.143. The number of nitro benzene ring substituents is 2. The molecule has 2 rings (SSSR count). The lowest BCUT2D eigenvalue weighted by Gasteiger charge is -2.11. The number of nitro groups is 2. The monoisotopic (exact) mass is 366 g/mol. The normalized spacial score (nSPS) is 10.3. The van der Waals surface area contributed by atoms with Crippen molar-refractivity contribution in [3.8, 4) is 16.9 Å².